The normalized spacial score (nSPS) is 27.9. The Bertz CT molecular complexity index is 303. The molecule has 2 rings (SSSR count). The summed E-state index contributed by atoms with van der Waals surface area (Å²) in [6.45, 7) is 0. The third-order valence-electron chi connectivity index (χ3n) is 2.93. The van der Waals surface area contributed by atoms with Crippen LogP contribution in [0, 0.1) is 0 Å². The molecule has 1 heterocycles. The molecule has 1 saturated carbocycles. The molecule has 0 aliphatic heterocycles. The van der Waals surface area contributed by atoms with Crippen LogP contribution >= 0.6 is 15.9 Å². The Hall–Kier alpha value is -0.420. The number of hydrogen-bond donors (Lipinski definition) is 1. The first-order chi connectivity index (χ1) is 6.68. The van der Waals surface area contributed by atoms with Gasteiger partial charge in [0.2, 0.25) is 0 Å². The van der Waals surface area contributed by atoms with Gasteiger partial charge in [0.15, 0.2) is 4.60 Å². The van der Waals surface area contributed by atoms with Gasteiger partial charge in [-0.25, -0.2) is 0 Å². The number of aromatic nitrogens is 3. The molecule has 0 spiro atoms. The number of aryl methyl sites for hydroxylation is 1. The molecule has 4 nitrogen and oxygen atoms in total. The van der Waals surface area contributed by atoms with Crippen molar-refractivity contribution in [3.8, 4) is 0 Å². The summed E-state index contributed by atoms with van der Waals surface area (Å²) in [4.78, 5) is 0. The predicted octanol–water partition coefficient (Wildman–Crippen LogP) is 1.56. The highest BCUT2D eigenvalue weighted by Gasteiger charge is 2.25. The fourth-order valence-corrected chi connectivity index (χ4v) is 2.90. The van der Waals surface area contributed by atoms with E-state index in [9.17, 15) is 0 Å². The quantitative estimate of drug-likeness (QED) is 0.832. The average molecular weight is 259 g/mol. The maximum atomic E-state index is 5.97. The van der Waals surface area contributed by atoms with Crippen LogP contribution in [0.2, 0.25) is 0 Å². The zero-order valence-electron chi connectivity index (χ0n) is 8.28. The van der Waals surface area contributed by atoms with Gasteiger partial charge in [-0.2, -0.15) is 0 Å². The molecule has 0 amide bonds. The van der Waals surface area contributed by atoms with E-state index in [1.807, 2.05) is 11.7 Å². The number of rotatable bonds is 1. The van der Waals surface area contributed by atoms with E-state index in [4.69, 9.17) is 5.73 Å². The van der Waals surface area contributed by atoms with Crippen molar-refractivity contribution in [3.05, 3.63) is 10.3 Å². The fraction of sp³-hybridized carbons (Fsp3) is 0.778. The fourth-order valence-electron chi connectivity index (χ4n) is 2.25. The molecule has 1 fully saturated rings. The van der Waals surface area contributed by atoms with E-state index in [2.05, 4.69) is 26.2 Å². The topological polar surface area (TPSA) is 56.7 Å². The molecule has 0 bridgehead atoms. The summed E-state index contributed by atoms with van der Waals surface area (Å²) in [5.74, 6) is 0.521. The van der Waals surface area contributed by atoms with Crippen molar-refractivity contribution in [2.45, 2.75) is 37.6 Å². The van der Waals surface area contributed by atoms with Crippen molar-refractivity contribution in [2.75, 3.05) is 0 Å². The molecule has 2 unspecified atom stereocenters. The minimum absolute atomic E-state index is 0.343. The molecule has 5 heteroatoms. The minimum atomic E-state index is 0.343. The predicted molar refractivity (Wildman–Crippen MR) is 57.9 cm³/mol. The first-order valence-electron chi connectivity index (χ1n) is 4.99. The summed E-state index contributed by atoms with van der Waals surface area (Å²) < 4.78 is 2.73. The van der Waals surface area contributed by atoms with Gasteiger partial charge < -0.3 is 5.73 Å². The standard InChI is InChI=1S/C9H15BrN4/c1-14-8(9(10)12-13-14)6-3-2-4-7(11)5-6/h6-7H,2-5,11H2,1H3. The van der Waals surface area contributed by atoms with Crippen molar-refractivity contribution >= 4 is 15.9 Å². The van der Waals surface area contributed by atoms with Gasteiger partial charge in [0.25, 0.3) is 0 Å². The van der Waals surface area contributed by atoms with Crippen LogP contribution < -0.4 is 5.73 Å². The Morgan fingerprint density at radius 3 is 2.86 bits per heavy atom. The zero-order chi connectivity index (χ0) is 10.1. The largest absolute Gasteiger partial charge is 0.328 e. The second-order valence-corrected chi connectivity index (χ2v) is 4.76. The van der Waals surface area contributed by atoms with E-state index >= 15 is 0 Å². The molecule has 0 radical (unpaired) electrons. The summed E-state index contributed by atoms with van der Waals surface area (Å²) in [7, 11) is 1.94. The van der Waals surface area contributed by atoms with Crippen molar-refractivity contribution in [3.63, 3.8) is 0 Å². The van der Waals surface area contributed by atoms with Crippen LogP contribution in [0.1, 0.15) is 37.3 Å². The molecule has 1 aromatic rings. The molecular weight excluding hydrogens is 244 g/mol. The molecule has 14 heavy (non-hydrogen) atoms. The van der Waals surface area contributed by atoms with Gasteiger partial charge in [-0.15, -0.1) is 5.10 Å². The Morgan fingerprint density at radius 1 is 1.50 bits per heavy atom. The summed E-state index contributed by atoms with van der Waals surface area (Å²) in [5.41, 5.74) is 7.16. The Morgan fingerprint density at radius 2 is 2.29 bits per heavy atom. The van der Waals surface area contributed by atoms with Gasteiger partial charge in [-0.1, -0.05) is 11.6 Å². The van der Waals surface area contributed by atoms with Crippen LogP contribution in [-0.2, 0) is 7.05 Å². The maximum absolute atomic E-state index is 5.97. The third kappa shape index (κ3) is 1.83. The van der Waals surface area contributed by atoms with E-state index in [0.29, 0.717) is 12.0 Å². The van der Waals surface area contributed by atoms with Crippen molar-refractivity contribution in [1.29, 1.82) is 0 Å². The van der Waals surface area contributed by atoms with Crippen LogP contribution in [0.4, 0.5) is 0 Å². The molecule has 1 aliphatic rings. The summed E-state index contributed by atoms with van der Waals surface area (Å²) in [5, 5.41) is 8.00. The Balaban J connectivity index is 2.21. The molecule has 2 atom stereocenters. The van der Waals surface area contributed by atoms with Gasteiger partial charge >= 0.3 is 0 Å². The lowest BCUT2D eigenvalue weighted by Crippen LogP contribution is -2.27. The zero-order valence-corrected chi connectivity index (χ0v) is 9.87. The highest BCUT2D eigenvalue weighted by atomic mass is 79.9. The first-order valence-corrected chi connectivity index (χ1v) is 5.78. The van der Waals surface area contributed by atoms with Gasteiger partial charge in [-0.05, 0) is 35.2 Å². The Kier molecular flexibility index (Phi) is 2.88. The molecule has 2 N–H and O–H groups in total. The second kappa shape index (κ2) is 3.98. The number of halogens is 1. The molecule has 78 valence electrons. The average Bonchev–Trinajstić information content (AvgIpc) is 2.46. The molecule has 0 aromatic carbocycles. The number of hydrogen-bond acceptors (Lipinski definition) is 3. The van der Waals surface area contributed by atoms with Crippen LogP contribution in [0.25, 0.3) is 0 Å². The van der Waals surface area contributed by atoms with E-state index in [-0.39, 0.29) is 0 Å². The highest BCUT2D eigenvalue weighted by molar-refractivity contribution is 9.10. The number of nitrogens with zero attached hydrogens (tertiary/aromatic N) is 3. The van der Waals surface area contributed by atoms with Crippen molar-refractivity contribution < 1.29 is 0 Å². The van der Waals surface area contributed by atoms with E-state index in [1.165, 1.54) is 18.5 Å². The monoisotopic (exact) mass is 258 g/mol. The van der Waals surface area contributed by atoms with Crippen LogP contribution in [0.15, 0.2) is 4.60 Å². The lowest BCUT2D eigenvalue weighted by molar-refractivity contribution is 0.379. The lowest BCUT2D eigenvalue weighted by Gasteiger charge is -2.26. The van der Waals surface area contributed by atoms with Gasteiger partial charge in [0.05, 0.1) is 5.69 Å². The first kappa shape index (κ1) is 10.1. The van der Waals surface area contributed by atoms with E-state index in [1.54, 1.807) is 0 Å². The highest BCUT2D eigenvalue weighted by Crippen LogP contribution is 2.34. The van der Waals surface area contributed by atoms with Crippen molar-refractivity contribution in [2.24, 2.45) is 12.8 Å². The molecule has 1 aliphatic carbocycles. The summed E-state index contributed by atoms with van der Waals surface area (Å²) >= 11 is 3.44. The van der Waals surface area contributed by atoms with Crippen LogP contribution in [-0.4, -0.2) is 21.0 Å². The SMILES string of the molecule is Cn1nnc(Br)c1C1CCCC(N)C1. The molecule has 0 saturated heterocycles. The summed E-state index contributed by atoms with van der Waals surface area (Å²) in [6.07, 6.45) is 4.62. The van der Waals surface area contributed by atoms with Crippen LogP contribution in [0.3, 0.4) is 0 Å². The third-order valence-corrected chi connectivity index (χ3v) is 3.49. The van der Waals surface area contributed by atoms with Crippen molar-refractivity contribution in [1.82, 2.24) is 15.0 Å². The van der Waals surface area contributed by atoms with Gasteiger partial charge in [0.1, 0.15) is 0 Å². The Labute approximate surface area is 92.0 Å². The smallest absolute Gasteiger partial charge is 0.151 e. The summed E-state index contributed by atoms with van der Waals surface area (Å²) in [6, 6.07) is 0.343. The van der Waals surface area contributed by atoms with E-state index in [0.717, 1.165) is 17.4 Å². The number of nitrogens with two attached hydrogens (primary N) is 1. The minimum Gasteiger partial charge on any atom is -0.328 e. The molecular formula is C9H15BrN4. The van der Waals surface area contributed by atoms with Gasteiger partial charge in [-0.3, -0.25) is 4.68 Å². The lowest BCUT2D eigenvalue weighted by atomic mass is 9.84. The maximum Gasteiger partial charge on any atom is 0.151 e. The van der Waals surface area contributed by atoms with Gasteiger partial charge in [0, 0.05) is 19.0 Å². The molecule has 1 aromatic heterocycles. The van der Waals surface area contributed by atoms with E-state index < -0.39 is 0 Å². The second-order valence-electron chi connectivity index (χ2n) is 4.01. The van der Waals surface area contributed by atoms with Crippen LogP contribution in [0.5, 0.6) is 0 Å².